The monoisotopic (exact) mass is 471 g/mol. The molecule has 1 aliphatic heterocycles. The Morgan fingerprint density at radius 1 is 1.09 bits per heavy atom. The summed E-state index contributed by atoms with van der Waals surface area (Å²) in [4.78, 5) is 28.3. The molecule has 2 heterocycles. The SMILES string of the molecule is CNc1nc(C)nc(NC2CCCC(C(=O)NCc3ccc(N4CCCCC4)cc3Cl)C2)n1. The minimum Gasteiger partial charge on any atom is -0.371 e. The van der Waals surface area contributed by atoms with Gasteiger partial charge in [-0.1, -0.05) is 24.1 Å². The standard InChI is InChI=1S/C24H34ClN7O/c1-16-28-23(26-2)31-24(29-16)30-19-8-6-7-17(13-19)22(33)27-15-18-9-10-20(14-21(18)25)32-11-4-3-5-12-32/h9-10,14,17,19H,3-8,11-13,15H2,1-2H3,(H,27,33)(H2,26,28,29,30,31). The van der Waals surface area contributed by atoms with Gasteiger partial charge in [-0.2, -0.15) is 15.0 Å². The molecule has 2 unspecified atom stereocenters. The van der Waals surface area contributed by atoms with E-state index in [0.29, 0.717) is 29.3 Å². The van der Waals surface area contributed by atoms with Crippen molar-refractivity contribution in [1.82, 2.24) is 20.3 Å². The lowest BCUT2D eigenvalue weighted by atomic mass is 9.85. The molecule has 3 N–H and O–H groups in total. The average Bonchev–Trinajstić information content (AvgIpc) is 2.83. The summed E-state index contributed by atoms with van der Waals surface area (Å²) >= 11 is 6.56. The van der Waals surface area contributed by atoms with Crippen LogP contribution in [0.3, 0.4) is 0 Å². The summed E-state index contributed by atoms with van der Waals surface area (Å²) in [6, 6.07) is 6.36. The summed E-state index contributed by atoms with van der Waals surface area (Å²) in [7, 11) is 1.78. The minimum atomic E-state index is -0.0330. The van der Waals surface area contributed by atoms with Gasteiger partial charge in [-0.25, -0.2) is 0 Å². The van der Waals surface area contributed by atoms with Gasteiger partial charge in [-0.15, -0.1) is 0 Å². The number of anilines is 3. The maximum Gasteiger partial charge on any atom is 0.227 e. The van der Waals surface area contributed by atoms with E-state index in [9.17, 15) is 4.79 Å². The van der Waals surface area contributed by atoms with Crippen LogP contribution in [-0.2, 0) is 11.3 Å². The Morgan fingerprint density at radius 2 is 1.88 bits per heavy atom. The van der Waals surface area contributed by atoms with Crippen molar-refractivity contribution in [3.8, 4) is 0 Å². The number of amides is 1. The molecular weight excluding hydrogens is 438 g/mol. The van der Waals surface area contributed by atoms with Crippen molar-refractivity contribution < 1.29 is 4.79 Å². The summed E-state index contributed by atoms with van der Waals surface area (Å²) in [6.45, 7) is 4.47. The van der Waals surface area contributed by atoms with Crippen LogP contribution in [0.15, 0.2) is 18.2 Å². The van der Waals surface area contributed by atoms with Gasteiger partial charge in [0.15, 0.2) is 0 Å². The van der Waals surface area contributed by atoms with Crippen LogP contribution in [0.25, 0.3) is 0 Å². The number of aromatic nitrogens is 3. The fraction of sp³-hybridized carbons (Fsp3) is 0.583. The lowest BCUT2D eigenvalue weighted by Gasteiger charge is -2.29. The number of carbonyl (C=O) groups is 1. The molecule has 1 aromatic heterocycles. The van der Waals surface area contributed by atoms with Gasteiger partial charge < -0.3 is 20.9 Å². The third-order valence-corrected chi connectivity index (χ3v) is 6.91. The molecule has 0 spiro atoms. The molecule has 0 radical (unpaired) electrons. The van der Waals surface area contributed by atoms with E-state index in [4.69, 9.17) is 11.6 Å². The van der Waals surface area contributed by atoms with Crippen LogP contribution in [0.1, 0.15) is 56.3 Å². The zero-order valence-electron chi connectivity index (χ0n) is 19.5. The molecule has 33 heavy (non-hydrogen) atoms. The summed E-state index contributed by atoms with van der Waals surface area (Å²) in [5, 5.41) is 10.2. The zero-order chi connectivity index (χ0) is 23.2. The van der Waals surface area contributed by atoms with Crippen LogP contribution in [0.2, 0.25) is 5.02 Å². The Balaban J connectivity index is 1.30. The minimum absolute atomic E-state index is 0.0330. The topological polar surface area (TPSA) is 95.1 Å². The Morgan fingerprint density at radius 3 is 2.64 bits per heavy atom. The molecule has 1 aliphatic carbocycles. The molecule has 1 aromatic carbocycles. The lowest BCUT2D eigenvalue weighted by molar-refractivity contribution is -0.126. The van der Waals surface area contributed by atoms with Gasteiger partial charge in [0.1, 0.15) is 5.82 Å². The molecule has 1 amide bonds. The van der Waals surface area contributed by atoms with Gasteiger partial charge in [0.25, 0.3) is 0 Å². The van der Waals surface area contributed by atoms with Crippen molar-refractivity contribution >= 4 is 35.1 Å². The number of hydrogen-bond donors (Lipinski definition) is 3. The van der Waals surface area contributed by atoms with E-state index in [0.717, 1.165) is 44.3 Å². The normalized spacial score (nSPS) is 20.9. The Hall–Kier alpha value is -2.61. The first-order valence-electron chi connectivity index (χ1n) is 12.0. The molecule has 178 valence electrons. The summed E-state index contributed by atoms with van der Waals surface area (Å²) in [5.74, 6) is 1.80. The summed E-state index contributed by atoms with van der Waals surface area (Å²) in [6.07, 6.45) is 7.40. The first-order valence-corrected chi connectivity index (χ1v) is 12.4. The van der Waals surface area contributed by atoms with Crippen molar-refractivity contribution in [2.45, 2.75) is 64.5 Å². The first kappa shape index (κ1) is 23.5. The molecule has 2 aliphatic rings. The number of piperidine rings is 1. The first-order chi connectivity index (χ1) is 16.0. The Bertz CT molecular complexity index is 964. The lowest BCUT2D eigenvalue weighted by Crippen LogP contribution is -2.37. The molecule has 2 atom stereocenters. The Kier molecular flexibility index (Phi) is 7.85. The molecular formula is C24H34ClN7O. The van der Waals surface area contributed by atoms with Crippen molar-refractivity contribution in [3.05, 3.63) is 34.6 Å². The van der Waals surface area contributed by atoms with E-state index in [1.54, 1.807) is 7.05 Å². The van der Waals surface area contributed by atoms with Crippen LogP contribution in [0.5, 0.6) is 0 Å². The second-order valence-electron chi connectivity index (χ2n) is 9.03. The number of rotatable bonds is 7. The number of hydrogen-bond acceptors (Lipinski definition) is 7. The fourth-order valence-electron chi connectivity index (χ4n) is 4.75. The predicted octanol–water partition coefficient (Wildman–Crippen LogP) is 4.15. The second-order valence-corrected chi connectivity index (χ2v) is 9.43. The molecule has 9 heteroatoms. The number of benzene rings is 1. The molecule has 8 nitrogen and oxygen atoms in total. The van der Waals surface area contributed by atoms with Crippen LogP contribution in [-0.4, -0.2) is 47.0 Å². The van der Waals surface area contributed by atoms with Gasteiger partial charge in [-0.3, -0.25) is 4.79 Å². The number of aryl methyl sites for hydroxylation is 1. The number of nitrogens with zero attached hydrogens (tertiary/aromatic N) is 4. The second kappa shape index (κ2) is 11.0. The van der Waals surface area contributed by atoms with Crippen LogP contribution < -0.4 is 20.9 Å². The molecule has 0 bridgehead atoms. The maximum absolute atomic E-state index is 12.9. The van der Waals surface area contributed by atoms with Gasteiger partial charge in [0.2, 0.25) is 17.8 Å². The van der Waals surface area contributed by atoms with Gasteiger partial charge >= 0.3 is 0 Å². The largest absolute Gasteiger partial charge is 0.371 e. The van der Waals surface area contributed by atoms with Crippen molar-refractivity contribution in [1.29, 1.82) is 0 Å². The van der Waals surface area contributed by atoms with Crippen molar-refractivity contribution in [2.24, 2.45) is 5.92 Å². The van der Waals surface area contributed by atoms with E-state index in [2.05, 4.69) is 41.9 Å². The molecule has 4 rings (SSSR count). The molecule has 2 aromatic rings. The average molecular weight is 472 g/mol. The summed E-state index contributed by atoms with van der Waals surface area (Å²) in [5.41, 5.74) is 2.13. The van der Waals surface area contributed by atoms with Crippen LogP contribution in [0, 0.1) is 12.8 Å². The number of halogens is 1. The molecule has 1 saturated carbocycles. The third kappa shape index (κ3) is 6.25. The predicted molar refractivity (Wildman–Crippen MR) is 133 cm³/mol. The van der Waals surface area contributed by atoms with E-state index in [1.165, 1.54) is 24.9 Å². The Labute approximate surface area is 200 Å². The van der Waals surface area contributed by atoms with Crippen LogP contribution in [0.4, 0.5) is 17.6 Å². The highest BCUT2D eigenvalue weighted by Crippen LogP contribution is 2.28. The quantitative estimate of drug-likeness (QED) is 0.558. The van der Waals surface area contributed by atoms with Gasteiger partial charge in [-0.05, 0) is 63.1 Å². The van der Waals surface area contributed by atoms with Gasteiger partial charge in [0.05, 0.1) is 0 Å². The maximum atomic E-state index is 12.9. The van der Waals surface area contributed by atoms with E-state index in [-0.39, 0.29) is 17.9 Å². The third-order valence-electron chi connectivity index (χ3n) is 6.56. The summed E-state index contributed by atoms with van der Waals surface area (Å²) < 4.78 is 0. The van der Waals surface area contributed by atoms with E-state index < -0.39 is 0 Å². The zero-order valence-corrected chi connectivity index (χ0v) is 20.3. The highest BCUT2D eigenvalue weighted by atomic mass is 35.5. The van der Waals surface area contributed by atoms with E-state index >= 15 is 0 Å². The molecule has 1 saturated heterocycles. The highest BCUT2D eigenvalue weighted by molar-refractivity contribution is 6.31. The van der Waals surface area contributed by atoms with Gasteiger partial charge in [0, 0.05) is 49.4 Å². The highest BCUT2D eigenvalue weighted by Gasteiger charge is 2.28. The van der Waals surface area contributed by atoms with E-state index in [1.807, 2.05) is 19.1 Å². The molecule has 2 fully saturated rings. The number of carbonyl (C=O) groups excluding carboxylic acids is 1. The van der Waals surface area contributed by atoms with Crippen molar-refractivity contribution in [3.63, 3.8) is 0 Å². The van der Waals surface area contributed by atoms with Crippen LogP contribution >= 0.6 is 11.6 Å². The number of nitrogens with one attached hydrogen (secondary N) is 3. The fourth-order valence-corrected chi connectivity index (χ4v) is 5.00. The smallest absolute Gasteiger partial charge is 0.227 e. The van der Waals surface area contributed by atoms with Crippen molar-refractivity contribution in [2.75, 3.05) is 35.7 Å².